The summed E-state index contributed by atoms with van der Waals surface area (Å²) < 4.78 is 7.59. The standard InChI is InChI=1S/C14H25N3O4S.H2O/c1-7(10(16)20)17(11(21)8(15)6-9(18)19)12-13(2,3)22-14(12,4)5;/h7-8,12H,6,15H2,1-5H3,(H2,16,20)(H,18,19);1H2/t7-,8-;/m0./s1/i12D;. The number of aliphatic carboxylic acids is 1. The van der Waals surface area contributed by atoms with Crippen molar-refractivity contribution in [2.24, 2.45) is 11.5 Å². The number of hydrogen-bond donors (Lipinski definition) is 3. The van der Waals surface area contributed by atoms with Crippen LogP contribution < -0.4 is 11.5 Å². The zero-order valence-electron chi connectivity index (χ0n) is 15.0. The van der Waals surface area contributed by atoms with E-state index in [0.717, 1.165) is 4.90 Å². The van der Waals surface area contributed by atoms with Gasteiger partial charge in [-0.25, -0.2) is 0 Å². The molecule has 1 fully saturated rings. The lowest BCUT2D eigenvalue weighted by molar-refractivity contribution is -0.147. The van der Waals surface area contributed by atoms with Gasteiger partial charge < -0.3 is 26.9 Å². The third kappa shape index (κ3) is 4.36. The molecule has 0 aromatic heterocycles. The fourth-order valence-corrected chi connectivity index (χ4v) is 5.09. The van der Waals surface area contributed by atoms with E-state index in [1.165, 1.54) is 18.7 Å². The highest BCUT2D eigenvalue weighted by Gasteiger charge is 2.59. The smallest absolute Gasteiger partial charge is 0.305 e. The van der Waals surface area contributed by atoms with Crippen molar-refractivity contribution in [3.05, 3.63) is 0 Å². The van der Waals surface area contributed by atoms with Crippen LogP contribution in [0.15, 0.2) is 0 Å². The number of carbonyl (C=O) groups excluding carboxylic acids is 2. The molecular formula is C14H27N3O5S. The Balaban J connectivity index is 0.00000529. The average Bonchev–Trinajstić information content (AvgIpc) is 2.35. The van der Waals surface area contributed by atoms with Crippen LogP contribution in [0.25, 0.3) is 0 Å². The van der Waals surface area contributed by atoms with Crippen molar-refractivity contribution in [1.82, 2.24) is 4.90 Å². The van der Waals surface area contributed by atoms with E-state index in [1.54, 1.807) is 27.7 Å². The van der Waals surface area contributed by atoms with E-state index >= 15 is 0 Å². The van der Waals surface area contributed by atoms with Gasteiger partial charge in [-0.1, -0.05) is 0 Å². The Kier molecular flexibility index (Phi) is 6.06. The summed E-state index contributed by atoms with van der Waals surface area (Å²) in [5.41, 5.74) is 11.0. The first-order chi connectivity index (χ1) is 10.2. The highest BCUT2D eigenvalue weighted by atomic mass is 32.2. The quantitative estimate of drug-likeness (QED) is 0.576. The summed E-state index contributed by atoms with van der Waals surface area (Å²) in [6, 6.07) is -3.86. The van der Waals surface area contributed by atoms with Crippen molar-refractivity contribution < 1.29 is 26.3 Å². The lowest BCUT2D eigenvalue weighted by Crippen LogP contribution is -2.72. The van der Waals surface area contributed by atoms with Crippen molar-refractivity contribution in [2.45, 2.75) is 68.6 Å². The second-order valence-electron chi connectivity index (χ2n) is 6.46. The van der Waals surface area contributed by atoms with Crippen LogP contribution in [0.2, 0.25) is 0 Å². The van der Waals surface area contributed by atoms with Crippen molar-refractivity contribution in [1.29, 1.82) is 0 Å². The van der Waals surface area contributed by atoms with Crippen LogP contribution in [-0.4, -0.2) is 60.9 Å². The first kappa shape index (κ1) is 19.7. The lowest BCUT2D eigenvalue weighted by atomic mass is 9.86. The Morgan fingerprint density at radius 1 is 1.30 bits per heavy atom. The summed E-state index contributed by atoms with van der Waals surface area (Å²) in [5.74, 6) is -2.75. The van der Waals surface area contributed by atoms with Crippen molar-refractivity contribution in [3.8, 4) is 0 Å². The van der Waals surface area contributed by atoms with Crippen molar-refractivity contribution in [3.63, 3.8) is 0 Å². The molecule has 2 atom stereocenters. The van der Waals surface area contributed by atoms with Gasteiger partial charge in [0, 0.05) is 9.49 Å². The van der Waals surface area contributed by atoms with Gasteiger partial charge in [-0.05, 0) is 34.6 Å². The van der Waals surface area contributed by atoms with E-state index in [9.17, 15) is 14.4 Å². The van der Waals surface area contributed by atoms with Gasteiger partial charge in [-0.3, -0.25) is 14.4 Å². The summed E-state index contributed by atoms with van der Waals surface area (Å²) in [5, 5.41) is 8.85. The Morgan fingerprint density at radius 3 is 2.04 bits per heavy atom. The minimum Gasteiger partial charge on any atom is -0.481 e. The van der Waals surface area contributed by atoms with Crippen LogP contribution in [0.5, 0.6) is 0 Å². The molecule has 1 aliphatic rings. The molecule has 0 radical (unpaired) electrons. The normalized spacial score (nSPS) is 23.3. The van der Waals surface area contributed by atoms with E-state index in [2.05, 4.69) is 0 Å². The van der Waals surface area contributed by atoms with Gasteiger partial charge in [0.25, 0.3) is 0 Å². The molecule has 9 heteroatoms. The molecule has 8 nitrogen and oxygen atoms in total. The number of hydrogen-bond acceptors (Lipinski definition) is 5. The largest absolute Gasteiger partial charge is 0.481 e. The third-order valence-electron chi connectivity index (χ3n) is 3.64. The van der Waals surface area contributed by atoms with Crippen LogP contribution in [0, 0.1) is 0 Å². The SMILES string of the molecule is O.[2H]C1(N(C(=O)[C@@H](N)CC(=O)O)[C@@H](C)C(N)=O)C(C)(C)SC1(C)C. The molecule has 2 amide bonds. The molecule has 0 saturated carbocycles. The number of nitrogens with zero attached hydrogens (tertiary/aromatic N) is 1. The van der Waals surface area contributed by atoms with Crippen molar-refractivity contribution in [2.75, 3.05) is 0 Å². The predicted molar refractivity (Wildman–Crippen MR) is 88.9 cm³/mol. The maximum Gasteiger partial charge on any atom is 0.305 e. The van der Waals surface area contributed by atoms with Crippen LogP contribution in [-0.2, 0) is 14.4 Å². The summed E-state index contributed by atoms with van der Waals surface area (Å²) in [6.45, 7) is 8.62. The minimum atomic E-state index is -1.45. The number of amides is 2. The van der Waals surface area contributed by atoms with Gasteiger partial charge in [0.1, 0.15) is 6.04 Å². The molecular weight excluding hydrogens is 322 g/mol. The van der Waals surface area contributed by atoms with Gasteiger partial charge in [0.2, 0.25) is 11.8 Å². The van der Waals surface area contributed by atoms with Crippen LogP contribution >= 0.6 is 11.8 Å². The molecule has 134 valence electrons. The van der Waals surface area contributed by atoms with Crippen LogP contribution in [0.1, 0.15) is 42.4 Å². The summed E-state index contributed by atoms with van der Waals surface area (Å²) in [6.07, 6.45) is -0.578. The fraction of sp³-hybridized carbons (Fsp3) is 0.786. The van der Waals surface area contributed by atoms with E-state index in [1.807, 2.05) is 0 Å². The van der Waals surface area contributed by atoms with Crippen molar-refractivity contribution >= 4 is 29.5 Å². The maximum absolute atomic E-state index is 12.7. The summed E-state index contributed by atoms with van der Waals surface area (Å²) in [4.78, 5) is 36.3. The van der Waals surface area contributed by atoms with Crippen LogP contribution in [0.3, 0.4) is 0 Å². The number of nitrogens with two attached hydrogens (primary N) is 2. The van der Waals surface area contributed by atoms with E-state index < -0.39 is 51.8 Å². The Labute approximate surface area is 141 Å². The van der Waals surface area contributed by atoms with E-state index in [4.69, 9.17) is 17.9 Å². The Bertz CT molecular complexity index is 527. The third-order valence-corrected chi connectivity index (χ3v) is 5.05. The highest BCUT2D eigenvalue weighted by Crippen LogP contribution is 2.57. The number of carboxylic acids is 1. The molecule has 23 heavy (non-hydrogen) atoms. The lowest BCUT2D eigenvalue weighted by Gasteiger charge is -2.61. The minimum absolute atomic E-state index is 0. The molecule has 0 unspecified atom stereocenters. The van der Waals surface area contributed by atoms with Gasteiger partial charge in [0.05, 0.1) is 19.9 Å². The molecule has 1 aliphatic heterocycles. The topological polar surface area (TPSA) is 158 Å². The first-order valence-corrected chi connectivity index (χ1v) is 7.80. The number of carbonyl (C=O) groups is 3. The molecule has 1 saturated heterocycles. The number of rotatable bonds is 6. The predicted octanol–water partition coefficient (Wildman–Crippen LogP) is -0.661. The van der Waals surface area contributed by atoms with E-state index in [0.29, 0.717) is 0 Å². The zero-order valence-corrected chi connectivity index (χ0v) is 14.9. The first-order valence-electron chi connectivity index (χ1n) is 7.49. The van der Waals surface area contributed by atoms with Crippen LogP contribution in [0.4, 0.5) is 0 Å². The molecule has 0 bridgehead atoms. The Hall–Kier alpha value is -1.32. The average molecular weight is 350 g/mol. The number of carboxylic acid groups (broad SMARTS) is 1. The molecule has 0 spiro atoms. The summed E-state index contributed by atoms with van der Waals surface area (Å²) in [7, 11) is 0. The Morgan fingerprint density at radius 2 is 1.74 bits per heavy atom. The van der Waals surface area contributed by atoms with Gasteiger partial charge in [-0.15, -0.1) is 11.8 Å². The molecule has 1 rings (SSSR count). The van der Waals surface area contributed by atoms with Gasteiger partial charge in [0.15, 0.2) is 0 Å². The summed E-state index contributed by atoms with van der Waals surface area (Å²) >= 11 is 1.50. The monoisotopic (exact) mass is 350 g/mol. The molecule has 1 heterocycles. The zero-order chi connectivity index (χ0) is 18.4. The van der Waals surface area contributed by atoms with Gasteiger partial charge >= 0.3 is 5.97 Å². The molecule has 7 N–H and O–H groups in total. The molecule has 0 aromatic carbocycles. The number of thioether (sulfide) groups is 1. The van der Waals surface area contributed by atoms with E-state index in [-0.39, 0.29) is 5.48 Å². The maximum atomic E-state index is 12.7. The number of primary amides is 1. The fourth-order valence-electron chi connectivity index (χ4n) is 3.07. The van der Waals surface area contributed by atoms with Gasteiger partial charge in [-0.2, -0.15) is 0 Å². The molecule has 0 aromatic rings. The second kappa shape index (κ2) is 7.06. The second-order valence-corrected chi connectivity index (χ2v) is 8.71. The molecule has 0 aliphatic carbocycles. The highest BCUT2D eigenvalue weighted by molar-refractivity contribution is 8.03.